The molecule has 0 aromatic heterocycles. The summed E-state index contributed by atoms with van der Waals surface area (Å²) in [7, 11) is 0. The van der Waals surface area contributed by atoms with Crippen LogP contribution in [0.25, 0.3) is 0 Å². The fourth-order valence-corrected chi connectivity index (χ4v) is 2.44. The zero-order chi connectivity index (χ0) is 14.5. The number of rotatable bonds is 6. The Balaban J connectivity index is 1.69. The lowest BCUT2D eigenvalue weighted by molar-refractivity contribution is 0.103. The SMILES string of the molecule is N[C@@H]1CC[C@@H](NC[C@@H](O)COc2ccc(Cl)c(F)c2)C1. The molecule has 0 unspecified atom stereocenters. The van der Waals surface area contributed by atoms with Gasteiger partial charge in [-0.1, -0.05) is 11.6 Å². The van der Waals surface area contributed by atoms with Crippen LogP contribution in [0.3, 0.4) is 0 Å². The minimum absolute atomic E-state index is 0.0529. The predicted octanol–water partition coefficient (Wildman–Crippen LogP) is 1.69. The van der Waals surface area contributed by atoms with E-state index in [1.807, 2.05) is 0 Å². The van der Waals surface area contributed by atoms with Gasteiger partial charge in [0.15, 0.2) is 0 Å². The number of halogens is 2. The first kappa shape index (κ1) is 15.5. The summed E-state index contributed by atoms with van der Waals surface area (Å²) in [6, 6.07) is 4.84. The molecule has 4 N–H and O–H groups in total. The van der Waals surface area contributed by atoms with Gasteiger partial charge in [0.05, 0.1) is 5.02 Å². The highest BCUT2D eigenvalue weighted by molar-refractivity contribution is 6.30. The van der Waals surface area contributed by atoms with E-state index in [1.54, 1.807) is 6.07 Å². The van der Waals surface area contributed by atoms with Gasteiger partial charge in [0.25, 0.3) is 0 Å². The van der Waals surface area contributed by atoms with E-state index in [0.717, 1.165) is 19.3 Å². The van der Waals surface area contributed by atoms with Crippen molar-refractivity contribution in [3.8, 4) is 5.75 Å². The molecule has 1 fully saturated rings. The van der Waals surface area contributed by atoms with Crippen LogP contribution in [0, 0.1) is 5.82 Å². The van der Waals surface area contributed by atoms with Gasteiger partial charge in [-0.25, -0.2) is 4.39 Å². The highest BCUT2D eigenvalue weighted by atomic mass is 35.5. The molecule has 0 aliphatic heterocycles. The summed E-state index contributed by atoms with van der Waals surface area (Å²) in [5.74, 6) is -0.175. The predicted molar refractivity (Wildman–Crippen MR) is 76.5 cm³/mol. The third-order valence-electron chi connectivity index (χ3n) is 3.45. The van der Waals surface area contributed by atoms with Gasteiger partial charge in [0.1, 0.15) is 24.3 Å². The van der Waals surface area contributed by atoms with E-state index in [0.29, 0.717) is 18.3 Å². The van der Waals surface area contributed by atoms with Gasteiger partial charge in [-0.05, 0) is 31.4 Å². The third kappa shape index (κ3) is 4.59. The van der Waals surface area contributed by atoms with Crippen molar-refractivity contribution in [2.75, 3.05) is 13.2 Å². The molecule has 0 bridgehead atoms. The minimum atomic E-state index is -0.648. The molecule has 1 saturated carbocycles. The largest absolute Gasteiger partial charge is 0.491 e. The maximum Gasteiger partial charge on any atom is 0.145 e. The van der Waals surface area contributed by atoms with Gasteiger partial charge in [-0.2, -0.15) is 0 Å². The maximum absolute atomic E-state index is 13.2. The van der Waals surface area contributed by atoms with Crippen LogP contribution in [0.5, 0.6) is 5.75 Å². The van der Waals surface area contributed by atoms with Crippen LogP contribution in [0.4, 0.5) is 4.39 Å². The molecule has 0 amide bonds. The van der Waals surface area contributed by atoms with E-state index >= 15 is 0 Å². The fraction of sp³-hybridized carbons (Fsp3) is 0.571. The first-order valence-corrected chi connectivity index (χ1v) is 7.17. The smallest absolute Gasteiger partial charge is 0.145 e. The maximum atomic E-state index is 13.2. The van der Waals surface area contributed by atoms with Crippen LogP contribution in [-0.4, -0.2) is 36.4 Å². The molecule has 112 valence electrons. The summed E-state index contributed by atoms with van der Waals surface area (Å²) in [6.07, 6.45) is 2.35. The van der Waals surface area contributed by atoms with E-state index in [4.69, 9.17) is 22.1 Å². The Bertz CT molecular complexity index is 447. The van der Waals surface area contributed by atoms with Crippen LogP contribution in [-0.2, 0) is 0 Å². The van der Waals surface area contributed by atoms with Crippen molar-refractivity contribution in [2.45, 2.75) is 37.5 Å². The quantitative estimate of drug-likeness (QED) is 0.748. The Morgan fingerprint density at radius 2 is 2.30 bits per heavy atom. The molecule has 0 heterocycles. The van der Waals surface area contributed by atoms with Gasteiger partial charge in [-0.3, -0.25) is 0 Å². The average Bonchev–Trinajstić information content (AvgIpc) is 2.83. The molecule has 1 aromatic carbocycles. The van der Waals surface area contributed by atoms with Crippen molar-refractivity contribution in [1.29, 1.82) is 0 Å². The summed E-state index contributed by atoms with van der Waals surface area (Å²) in [4.78, 5) is 0. The average molecular weight is 303 g/mol. The normalized spacial score (nSPS) is 23.8. The van der Waals surface area contributed by atoms with Crippen LogP contribution in [0.2, 0.25) is 5.02 Å². The first-order valence-electron chi connectivity index (χ1n) is 6.79. The topological polar surface area (TPSA) is 67.5 Å². The Kier molecular flexibility index (Phi) is 5.60. The lowest BCUT2D eigenvalue weighted by Crippen LogP contribution is -2.37. The molecule has 0 radical (unpaired) electrons. The summed E-state index contributed by atoms with van der Waals surface area (Å²) < 4.78 is 18.5. The standard InChI is InChI=1S/C14H20ClFN2O2/c15-13-4-3-12(6-14(13)16)20-8-11(19)7-18-10-2-1-9(17)5-10/h3-4,6,9-11,18-19H,1-2,5,7-8,17H2/t9-,10-,11-/m1/s1. The highest BCUT2D eigenvalue weighted by Gasteiger charge is 2.21. The van der Waals surface area contributed by atoms with E-state index in [9.17, 15) is 9.50 Å². The molecule has 6 heteroatoms. The second kappa shape index (κ2) is 7.22. The van der Waals surface area contributed by atoms with Gasteiger partial charge in [-0.15, -0.1) is 0 Å². The second-order valence-corrected chi connectivity index (χ2v) is 5.63. The molecule has 1 aliphatic carbocycles. The molecule has 2 rings (SSSR count). The highest BCUT2D eigenvalue weighted by Crippen LogP contribution is 2.20. The number of nitrogens with two attached hydrogens (primary N) is 1. The fourth-order valence-electron chi connectivity index (χ4n) is 2.32. The summed E-state index contributed by atoms with van der Waals surface area (Å²) in [5.41, 5.74) is 5.82. The van der Waals surface area contributed by atoms with Crippen molar-refractivity contribution < 1.29 is 14.2 Å². The number of aliphatic hydroxyl groups excluding tert-OH is 1. The Morgan fingerprint density at radius 3 is 2.95 bits per heavy atom. The first-order chi connectivity index (χ1) is 9.54. The van der Waals surface area contributed by atoms with Crippen LogP contribution >= 0.6 is 11.6 Å². The van der Waals surface area contributed by atoms with Crippen molar-refractivity contribution in [3.63, 3.8) is 0 Å². The molecule has 20 heavy (non-hydrogen) atoms. The third-order valence-corrected chi connectivity index (χ3v) is 3.76. The summed E-state index contributed by atoms with van der Waals surface area (Å²) in [6.45, 7) is 0.542. The molecule has 4 nitrogen and oxygen atoms in total. The monoisotopic (exact) mass is 302 g/mol. The molecule has 0 saturated heterocycles. The number of hydrogen-bond donors (Lipinski definition) is 3. The Labute approximate surface area is 123 Å². The molecule has 1 aliphatic rings. The summed E-state index contributed by atoms with van der Waals surface area (Å²) >= 11 is 5.58. The van der Waals surface area contributed by atoms with Crippen LogP contribution < -0.4 is 15.8 Å². The lowest BCUT2D eigenvalue weighted by atomic mass is 10.2. The Morgan fingerprint density at radius 1 is 1.50 bits per heavy atom. The van der Waals surface area contributed by atoms with Gasteiger partial charge in [0.2, 0.25) is 0 Å². The van der Waals surface area contributed by atoms with E-state index in [1.165, 1.54) is 12.1 Å². The van der Waals surface area contributed by atoms with E-state index < -0.39 is 11.9 Å². The minimum Gasteiger partial charge on any atom is -0.491 e. The number of hydrogen-bond acceptors (Lipinski definition) is 4. The van der Waals surface area contributed by atoms with E-state index in [-0.39, 0.29) is 17.7 Å². The van der Waals surface area contributed by atoms with Crippen molar-refractivity contribution >= 4 is 11.6 Å². The lowest BCUT2D eigenvalue weighted by Gasteiger charge is -2.17. The second-order valence-electron chi connectivity index (χ2n) is 5.22. The number of benzene rings is 1. The zero-order valence-corrected chi connectivity index (χ0v) is 11.9. The number of aliphatic hydroxyl groups is 1. The van der Waals surface area contributed by atoms with Gasteiger partial charge >= 0.3 is 0 Å². The number of ether oxygens (including phenoxy) is 1. The Hall–Kier alpha value is -0.880. The zero-order valence-electron chi connectivity index (χ0n) is 11.2. The van der Waals surface area contributed by atoms with Crippen molar-refractivity contribution in [1.82, 2.24) is 5.32 Å². The van der Waals surface area contributed by atoms with Crippen molar-refractivity contribution in [3.05, 3.63) is 29.0 Å². The molecular weight excluding hydrogens is 283 g/mol. The van der Waals surface area contributed by atoms with Crippen LogP contribution in [0.1, 0.15) is 19.3 Å². The molecule has 3 atom stereocenters. The number of nitrogens with one attached hydrogen (secondary N) is 1. The molecule has 0 spiro atoms. The van der Waals surface area contributed by atoms with Crippen LogP contribution in [0.15, 0.2) is 18.2 Å². The summed E-state index contributed by atoms with van der Waals surface area (Å²) in [5, 5.41) is 13.1. The van der Waals surface area contributed by atoms with Gasteiger partial charge < -0.3 is 20.9 Å². The molecular formula is C14H20ClFN2O2. The molecule has 1 aromatic rings. The van der Waals surface area contributed by atoms with Crippen molar-refractivity contribution in [2.24, 2.45) is 5.73 Å². The van der Waals surface area contributed by atoms with E-state index in [2.05, 4.69) is 5.32 Å². The van der Waals surface area contributed by atoms with Gasteiger partial charge in [0, 0.05) is 24.7 Å².